The van der Waals surface area contributed by atoms with Gasteiger partial charge in [0.2, 0.25) is 0 Å². The summed E-state index contributed by atoms with van der Waals surface area (Å²) in [6.07, 6.45) is 2.56. The Bertz CT molecular complexity index is 150. The lowest BCUT2D eigenvalue weighted by Crippen LogP contribution is -3.00. The van der Waals surface area contributed by atoms with Crippen LogP contribution < -0.4 is 12.4 Å². The first-order valence-electron chi connectivity index (χ1n) is 3.99. The van der Waals surface area contributed by atoms with Gasteiger partial charge in [0.15, 0.2) is 0 Å². The first-order valence-corrected chi connectivity index (χ1v) is 3.99. The fraction of sp³-hybridized carbons (Fsp3) is 0.667. The summed E-state index contributed by atoms with van der Waals surface area (Å²) in [4.78, 5) is 9.51. The topological polar surface area (TPSA) is 37.3 Å². The molecule has 0 atom stereocenters. The molecule has 13 heavy (non-hydrogen) atoms. The zero-order chi connectivity index (χ0) is 10.2. The molecule has 0 amide bonds. The fourth-order valence-electron chi connectivity index (χ4n) is 0.143. The van der Waals surface area contributed by atoms with E-state index in [0.717, 1.165) is 10.6 Å². The minimum absolute atomic E-state index is 0. The number of aliphatic carboxylic acids is 1. The number of halogens is 1. The van der Waals surface area contributed by atoms with Gasteiger partial charge in [0.25, 0.3) is 0 Å². The van der Waals surface area contributed by atoms with E-state index >= 15 is 0 Å². The van der Waals surface area contributed by atoms with Gasteiger partial charge in [-0.15, -0.1) is 0 Å². The number of carbonyl (C=O) groups is 1. The highest BCUT2D eigenvalue weighted by Gasteiger charge is 1.97. The Morgan fingerprint density at radius 1 is 1.38 bits per heavy atom. The molecule has 0 heterocycles. The van der Waals surface area contributed by atoms with Crippen LogP contribution in [0.5, 0.6) is 0 Å². The van der Waals surface area contributed by atoms with Gasteiger partial charge in [0.05, 0.1) is 27.7 Å². The zero-order valence-corrected chi connectivity index (χ0v) is 9.80. The Hall–Kier alpha value is -0.540. The predicted molar refractivity (Wildman–Crippen MR) is 51.0 cm³/mol. The maximum absolute atomic E-state index is 9.51. The molecule has 0 rings (SSSR count). The average molecular weight is 210 g/mol. The second-order valence-electron chi connectivity index (χ2n) is 3.44. The van der Waals surface area contributed by atoms with E-state index < -0.39 is 5.97 Å². The van der Waals surface area contributed by atoms with Crippen LogP contribution in [0.25, 0.3) is 0 Å². The van der Waals surface area contributed by atoms with E-state index in [-0.39, 0.29) is 12.4 Å². The van der Waals surface area contributed by atoms with Gasteiger partial charge < -0.3 is 22.0 Å². The molecule has 0 radical (unpaired) electrons. The van der Waals surface area contributed by atoms with Gasteiger partial charge in [0.1, 0.15) is 0 Å². The molecular weight excluding hydrogens is 190 g/mol. The number of quaternary nitrogens is 1. The second-order valence-corrected chi connectivity index (χ2v) is 3.44. The molecule has 0 unspecified atom stereocenters. The molecule has 0 saturated carbocycles. The van der Waals surface area contributed by atoms with Crippen molar-refractivity contribution in [1.29, 1.82) is 0 Å². The van der Waals surface area contributed by atoms with Crippen LogP contribution in [0.1, 0.15) is 13.8 Å². The molecule has 0 aliphatic heterocycles. The maximum Gasteiger partial charge on any atom is 0.327 e. The van der Waals surface area contributed by atoms with Crippen LogP contribution in [0.15, 0.2) is 12.2 Å². The summed E-state index contributed by atoms with van der Waals surface area (Å²) in [6.45, 7) is 5.05. The molecular formula is C9H20ClNO2. The highest BCUT2D eigenvalue weighted by atomic mass is 35.5. The van der Waals surface area contributed by atoms with Crippen LogP contribution in [-0.4, -0.2) is 43.2 Å². The Kier molecular flexibility index (Phi) is 13.4. The maximum atomic E-state index is 9.51. The quantitative estimate of drug-likeness (QED) is 0.438. The van der Waals surface area contributed by atoms with Gasteiger partial charge in [-0.3, -0.25) is 0 Å². The van der Waals surface area contributed by atoms with E-state index in [2.05, 4.69) is 28.1 Å². The summed E-state index contributed by atoms with van der Waals surface area (Å²) in [6, 6.07) is 0. The van der Waals surface area contributed by atoms with Crippen LogP contribution in [0.3, 0.4) is 0 Å². The molecule has 0 fully saturated rings. The van der Waals surface area contributed by atoms with Crippen molar-refractivity contribution in [3.63, 3.8) is 0 Å². The lowest BCUT2D eigenvalue weighted by Gasteiger charge is -2.20. The van der Waals surface area contributed by atoms with Crippen LogP contribution in [0, 0.1) is 0 Å². The lowest BCUT2D eigenvalue weighted by atomic mass is 10.5. The number of nitrogens with zero attached hydrogens (tertiary/aromatic N) is 1. The molecule has 1 N–H and O–H groups in total. The van der Waals surface area contributed by atoms with E-state index in [1.54, 1.807) is 6.92 Å². The van der Waals surface area contributed by atoms with Crippen molar-refractivity contribution in [2.45, 2.75) is 13.8 Å². The third-order valence-electron chi connectivity index (χ3n) is 1.26. The number of rotatable bonds is 2. The van der Waals surface area contributed by atoms with Crippen molar-refractivity contribution < 1.29 is 26.8 Å². The summed E-state index contributed by atoms with van der Waals surface area (Å²) in [5.41, 5.74) is 0. The molecule has 0 bridgehead atoms. The van der Waals surface area contributed by atoms with Gasteiger partial charge >= 0.3 is 5.97 Å². The first-order chi connectivity index (χ1) is 5.33. The lowest BCUT2D eigenvalue weighted by molar-refractivity contribution is -0.868. The van der Waals surface area contributed by atoms with Crippen molar-refractivity contribution in [3.05, 3.63) is 12.2 Å². The van der Waals surface area contributed by atoms with Gasteiger partial charge in [-0.25, -0.2) is 4.79 Å². The molecule has 4 heteroatoms. The molecule has 0 spiro atoms. The second kappa shape index (κ2) is 9.55. The standard InChI is InChI=1S/C5H14N.C4H6O2.ClH/c1-5-6(2,3)4;1-2-3-4(5)6;/h5H2,1-4H3;2-3H,1H3,(H,5,6);1H/q+1;;/p-1. The minimum Gasteiger partial charge on any atom is -1.00 e. The Morgan fingerprint density at radius 2 is 1.69 bits per heavy atom. The van der Waals surface area contributed by atoms with Crippen molar-refractivity contribution in [3.8, 4) is 0 Å². The molecule has 0 aliphatic rings. The Balaban J connectivity index is -0.000000143. The van der Waals surface area contributed by atoms with Crippen LogP contribution >= 0.6 is 0 Å². The smallest absolute Gasteiger partial charge is 0.327 e. The highest BCUT2D eigenvalue weighted by molar-refractivity contribution is 5.79. The van der Waals surface area contributed by atoms with E-state index in [1.165, 1.54) is 12.6 Å². The molecule has 0 aromatic rings. The zero-order valence-electron chi connectivity index (χ0n) is 9.04. The monoisotopic (exact) mass is 209 g/mol. The number of allylic oxidation sites excluding steroid dienone is 1. The third kappa shape index (κ3) is 34.4. The van der Waals surface area contributed by atoms with E-state index in [9.17, 15) is 4.79 Å². The molecule has 0 saturated heterocycles. The van der Waals surface area contributed by atoms with Crippen molar-refractivity contribution in [2.24, 2.45) is 0 Å². The number of hydrogen-bond acceptors (Lipinski definition) is 1. The van der Waals surface area contributed by atoms with E-state index in [1.807, 2.05) is 0 Å². The molecule has 0 aromatic heterocycles. The van der Waals surface area contributed by atoms with Crippen LogP contribution in [-0.2, 0) is 4.79 Å². The highest BCUT2D eigenvalue weighted by Crippen LogP contribution is 1.83. The molecule has 0 aromatic carbocycles. The Labute approximate surface area is 87.1 Å². The van der Waals surface area contributed by atoms with Crippen molar-refractivity contribution in [2.75, 3.05) is 27.7 Å². The molecule has 80 valence electrons. The largest absolute Gasteiger partial charge is 1.00 e. The number of hydrogen-bond donors (Lipinski definition) is 1. The van der Waals surface area contributed by atoms with Crippen LogP contribution in [0.2, 0.25) is 0 Å². The minimum atomic E-state index is -0.891. The molecule has 0 aliphatic carbocycles. The summed E-state index contributed by atoms with van der Waals surface area (Å²) >= 11 is 0. The van der Waals surface area contributed by atoms with Crippen molar-refractivity contribution in [1.82, 2.24) is 0 Å². The normalized spacial score (nSPS) is 9.92. The Morgan fingerprint density at radius 3 is 1.69 bits per heavy atom. The van der Waals surface area contributed by atoms with Gasteiger partial charge in [-0.2, -0.15) is 0 Å². The number of carboxylic acid groups (broad SMARTS) is 1. The third-order valence-corrected chi connectivity index (χ3v) is 1.26. The first kappa shape index (κ1) is 18.3. The van der Waals surface area contributed by atoms with E-state index in [4.69, 9.17) is 5.11 Å². The summed E-state index contributed by atoms with van der Waals surface area (Å²) < 4.78 is 1.07. The SMILES string of the molecule is CC=CC(=O)O.CC[N+](C)(C)C.[Cl-]. The average Bonchev–Trinajstić information content (AvgIpc) is 1.87. The van der Waals surface area contributed by atoms with Crippen LogP contribution in [0.4, 0.5) is 0 Å². The van der Waals surface area contributed by atoms with Gasteiger partial charge in [-0.05, 0) is 13.8 Å². The van der Waals surface area contributed by atoms with Crippen molar-refractivity contribution >= 4 is 5.97 Å². The number of carboxylic acids is 1. The summed E-state index contributed by atoms with van der Waals surface area (Å²) in [5.74, 6) is -0.891. The summed E-state index contributed by atoms with van der Waals surface area (Å²) in [5, 5.41) is 7.83. The van der Waals surface area contributed by atoms with Gasteiger partial charge in [0, 0.05) is 6.08 Å². The van der Waals surface area contributed by atoms with E-state index in [0.29, 0.717) is 0 Å². The fourth-order valence-corrected chi connectivity index (χ4v) is 0.143. The van der Waals surface area contributed by atoms with Gasteiger partial charge in [-0.1, -0.05) is 6.08 Å². The molecule has 3 nitrogen and oxygen atoms in total. The predicted octanol–water partition coefficient (Wildman–Crippen LogP) is -1.64. The summed E-state index contributed by atoms with van der Waals surface area (Å²) in [7, 11) is 6.54.